The van der Waals surface area contributed by atoms with Crippen molar-refractivity contribution in [1.29, 1.82) is 0 Å². The molecule has 3 heteroatoms. The predicted molar refractivity (Wildman–Crippen MR) is 67.7 cm³/mol. The Morgan fingerprint density at radius 3 is 2.33 bits per heavy atom. The van der Waals surface area contributed by atoms with Crippen LogP contribution in [0.2, 0.25) is 10.0 Å². The summed E-state index contributed by atoms with van der Waals surface area (Å²) in [6.07, 6.45) is 4.18. The van der Waals surface area contributed by atoms with Crippen molar-refractivity contribution >= 4 is 23.2 Å². The van der Waals surface area contributed by atoms with Gasteiger partial charge in [0, 0.05) is 16.1 Å². The fraction of sp³-hybridized carbons (Fsp3) is 0.500. The fourth-order valence-electron chi connectivity index (χ4n) is 1.53. The van der Waals surface area contributed by atoms with E-state index in [1.165, 1.54) is 5.56 Å². The third kappa shape index (κ3) is 4.87. The molecule has 0 fully saturated rings. The minimum Gasteiger partial charge on any atom is -0.328 e. The normalized spacial score (nSPS) is 12.8. The molecule has 0 aliphatic rings. The molecule has 0 heterocycles. The summed E-state index contributed by atoms with van der Waals surface area (Å²) in [5.74, 6) is 0. The van der Waals surface area contributed by atoms with Crippen molar-refractivity contribution in [3.05, 3.63) is 33.8 Å². The molecule has 1 aromatic rings. The molecule has 1 atom stereocenters. The van der Waals surface area contributed by atoms with Crippen LogP contribution >= 0.6 is 23.2 Å². The monoisotopic (exact) mass is 245 g/mol. The standard InChI is InChI=1S/C12H17Cl2N/c1-2-12(15)5-3-4-9-6-10(13)8-11(14)7-9/h6-8,12H,2-5,15H2,1H3. The first-order chi connectivity index (χ1) is 7.11. The minimum atomic E-state index is 0.319. The molecule has 1 nitrogen and oxygen atoms in total. The van der Waals surface area contributed by atoms with Crippen molar-refractivity contribution in [3.8, 4) is 0 Å². The Bertz CT molecular complexity index is 292. The van der Waals surface area contributed by atoms with Crippen LogP contribution in [0, 0.1) is 0 Å². The Morgan fingerprint density at radius 2 is 1.80 bits per heavy atom. The van der Waals surface area contributed by atoms with Gasteiger partial charge in [-0.05, 0) is 49.4 Å². The lowest BCUT2D eigenvalue weighted by atomic mass is 10.0. The summed E-state index contributed by atoms with van der Waals surface area (Å²) in [6.45, 7) is 2.11. The van der Waals surface area contributed by atoms with Gasteiger partial charge in [0.1, 0.15) is 0 Å². The van der Waals surface area contributed by atoms with Crippen LogP contribution in [-0.4, -0.2) is 6.04 Å². The van der Waals surface area contributed by atoms with E-state index in [1.807, 2.05) is 12.1 Å². The van der Waals surface area contributed by atoms with Gasteiger partial charge in [-0.1, -0.05) is 30.1 Å². The Labute approximate surface area is 102 Å². The molecular weight excluding hydrogens is 229 g/mol. The van der Waals surface area contributed by atoms with Crippen LogP contribution in [0.15, 0.2) is 18.2 Å². The molecule has 0 radical (unpaired) electrons. The van der Waals surface area contributed by atoms with E-state index in [1.54, 1.807) is 6.07 Å². The van der Waals surface area contributed by atoms with Gasteiger partial charge in [0.25, 0.3) is 0 Å². The molecule has 0 aliphatic heterocycles. The van der Waals surface area contributed by atoms with Crippen molar-refractivity contribution in [2.24, 2.45) is 5.73 Å². The van der Waals surface area contributed by atoms with Crippen LogP contribution in [0.4, 0.5) is 0 Å². The molecule has 15 heavy (non-hydrogen) atoms. The summed E-state index contributed by atoms with van der Waals surface area (Å²) in [4.78, 5) is 0. The second kappa shape index (κ2) is 6.37. The third-order valence-corrected chi connectivity index (χ3v) is 2.92. The topological polar surface area (TPSA) is 26.0 Å². The van der Waals surface area contributed by atoms with Crippen LogP contribution in [0.1, 0.15) is 31.7 Å². The zero-order valence-corrected chi connectivity index (χ0v) is 10.5. The largest absolute Gasteiger partial charge is 0.328 e. The van der Waals surface area contributed by atoms with E-state index in [2.05, 4.69) is 6.92 Å². The van der Waals surface area contributed by atoms with Gasteiger partial charge in [-0.25, -0.2) is 0 Å². The summed E-state index contributed by atoms with van der Waals surface area (Å²) in [6, 6.07) is 6.00. The Balaban J connectivity index is 2.43. The van der Waals surface area contributed by atoms with E-state index >= 15 is 0 Å². The lowest BCUT2D eigenvalue weighted by molar-refractivity contribution is 0.568. The number of rotatable bonds is 5. The minimum absolute atomic E-state index is 0.319. The van der Waals surface area contributed by atoms with Gasteiger partial charge < -0.3 is 5.73 Å². The number of aryl methyl sites for hydroxylation is 1. The van der Waals surface area contributed by atoms with Gasteiger partial charge in [0.15, 0.2) is 0 Å². The first-order valence-electron chi connectivity index (χ1n) is 5.32. The molecule has 0 saturated heterocycles. The Hall–Kier alpha value is -0.240. The van der Waals surface area contributed by atoms with E-state index < -0.39 is 0 Å². The molecule has 0 bridgehead atoms. The summed E-state index contributed by atoms with van der Waals surface area (Å²) < 4.78 is 0. The molecule has 0 aromatic heterocycles. The van der Waals surface area contributed by atoms with Crippen LogP contribution in [-0.2, 0) is 6.42 Å². The van der Waals surface area contributed by atoms with Crippen molar-refractivity contribution < 1.29 is 0 Å². The first-order valence-corrected chi connectivity index (χ1v) is 6.08. The smallest absolute Gasteiger partial charge is 0.0423 e. The van der Waals surface area contributed by atoms with E-state index in [0.717, 1.165) is 25.7 Å². The van der Waals surface area contributed by atoms with Crippen LogP contribution in [0.25, 0.3) is 0 Å². The Kier molecular flexibility index (Phi) is 5.44. The number of nitrogens with two attached hydrogens (primary N) is 1. The predicted octanol–water partition coefficient (Wildman–Crippen LogP) is 4.05. The molecule has 1 rings (SSSR count). The summed E-state index contributed by atoms with van der Waals surface area (Å²) in [7, 11) is 0. The van der Waals surface area contributed by atoms with Crippen LogP contribution in [0.5, 0.6) is 0 Å². The first kappa shape index (κ1) is 12.8. The maximum Gasteiger partial charge on any atom is 0.0423 e. The lowest BCUT2D eigenvalue weighted by Crippen LogP contribution is -2.18. The van der Waals surface area contributed by atoms with Crippen molar-refractivity contribution in [2.75, 3.05) is 0 Å². The maximum absolute atomic E-state index is 5.91. The molecule has 1 unspecified atom stereocenters. The average Bonchev–Trinajstić information content (AvgIpc) is 2.16. The molecule has 2 N–H and O–H groups in total. The summed E-state index contributed by atoms with van der Waals surface area (Å²) >= 11 is 11.8. The van der Waals surface area contributed by atoms with Crippen LogP contribution < -0.4 is 5.73 Å². The van der Waals surface area contributed by atoms with Crippen molar-refractivity contribution in [3.63, 3.8) is 0 Å². The van der Waals surface area contributed by atoms with Gasteiger partial charge in [-0.2, -0.15) is 0 Å². The molecular formula is C12H17Cl2N. The lowest BCUT2D eigenvalue weighted by Gasteiger charge is -2.08. The summed E-state index contributed by atoms with van der Waals surface area (Å²) in [5, 5.41) is 1.41. The van der Waals surface area contributed by atoms with E-state index in [4.69, 9.17) is 28.9 Å². The van der Waals surface area contributed by atoms with Gasteiger partial charge in [0.2, 0.25) is 0 Å². The number of benzene rings is 1. The van der Waals surface area contributed by atoms with E-state index in [-0.39, 0.29) is 0 Å². The third-order valence-electron chi connectivity index (χ3n) is 2.49. The summed E-state index contributed by atoms with van der Waals surface area (Å²) in [5.41, 5.74) is 7.04. The zero-order valence-electron chi connectivity index (χ0n) is 8.97. The number of halogens is 2. The Morgan fingerprint density at radius 1 is 1.20 bits per heavy atom. The molecule has 84 valence electrons. The maximum atomic E-state index is 5.91. The molecule has 0 saturated carbocycles. The quantitative estimate of drug-likeness (QED) is 0.833. The van der Waals surface area contributed by atoms with Gasteiger partial charge in [-0.3, -0.25) is 0 Å². The van der Waals surface area contributed by atoms with Gasteiger partial charge in [-0.15, -0.1) is 0 Å². The molecule has 1 aromatic carbocycles. The van der Waals surface area contributed by atoms with E-state index in [9.17, 15) is 0 Å². The van der Waals surface area contributed by atoms with E-state index in [0.29, 0.717) is 16.1 Å². The average molecular weight is 246 g/mol. The zero-order chi connectivity index (χ0) is 11.3. The van der Waals surface area contributed by atoms with Gasteiger partial charge in [0.05, 0.1) is 0 Å². The highest BCUT2D eigenvalue weighted by molar-refractivity contribution is 6.34. The highest BCUT2D eigenvalue weighted by Gasteiger charge is 2.01. The fourth-order valence-corrected chi connectivity index (χ4v) is 2.10. The highest BCUT2D eigenvalue weighted by atomic mass is 35.5. The molecule has 0 amide bonds. The van der Waals surface area contributed by atoms with Crippen molar-refractivity contribution in [2.45, 2.75) is 38.6 Å². The van der Waals surface area contributed by atoms with Crippen LogP contribution in [0.3, 0.4) is 0 Å². The van der Waals surface area contributed by atoms with Gasteiger partial charge >= 0.3 is 0 Å². The number of hydrogen-bond acceptors (Lipinski definition) is 1. The SMILES string of the molecule is CCC(N)CCCc1cc(Cl)cc(Cl)c1. The molecule has 0 spiro atoms. The highest BCUT2D eigenvalue weighted by Crippen LogP contribution is 2.20. The number of hydrogen-bond donors (Lipinski definition) is 1. The second-order valence-electron chi connectivity index (χ2n) is 3.84. The second-order valence-corrected chi connectivity index (χ2v) is 4.71. The van der Waals surface area contributed by atoms with Crippen molar-refractivity contribution in [1.82, 2.24) is 0 Å². The molecule has 0 aliphatic carbocycles.